The van der Waals surface area contributed by atoms with Gasteiger partial charge in [0.25, 0.3) is 11.8 Å². The summed E-state index contributed by atoms with van der Waals surface area (Å²) in [6.07, 6.45) is 2.14. The van der Waals surface area contributed by atoms with Gasteiger partial charge in [0.15, 0.2) is 0 Å². The van der Waals surface area contributed by atoms with E-state index in [4.69, 9.17) is 9.40 Å². The van der Waals surface area contributed by atoms with E-state index in [-0.39, 0.29) is 24.4 Å². The minimum atomic E-state index is -0.353. The number of fused-ring (bicyclic) bond motifs is 1. The molecule has 6 aromatic rings. The van der Waals surface area contributed by atoms with Crippen molar-refractivity contribution in [3.05, 3.63) is 149 Å². The van der Waals surface area contributed by atoms with Gasteiger partial charge in [0.2, 0.25) is 0 Å². The van der Waals surface area contributed by atoms with Gasteiger partial charge in [-0.05, 0) is 48.2 Å². The lowest BCUT2D eigenvalue weighted by Crippen LogP contribution is -2.48. The van der Waals surface area contributed by atoms with Crippen LogP contribution in [0.25, 0.3) is 21.4 Å². The third-order valence-electron chi connectivity index (χ3n) is 7.42. The summed E-state index contributed by atoms with van der Waals surface area (Å²) in [5, 5.41) is 4.71. The lowest BCUT2D eigenvalue weighted by Gasteiger charge is -2.32. The molecule has 0 aliphatic carbocycles. The molecular weight excluding hydrogens is 554 g/mol. The highest BCUT2D eigenvalue weighted by molar-refractivity contribution is 7.15. The Kier molecular flexibility index (Phi) is 8.42. The Morgan fingerprint density at radius 1 is 0.837 bits per heavy atom. The van der Waals surface area contributed by atoms with E-state index in [1.54, 1.807) is 18.4 Å². The summed E-state index contributed by atoms with van der Waals surface area (Å²) < 4.78 is 5.51. The van der Waals surface area contributed by atoms with Gasteiger partial charge in [0.1, 0.15) is 11.3 Å². The number of furan rings is 1. The van der Waals surface area contributed by atoms with Crippen molar-refractivity contribution in [2.24, 2.45) is 0 Å². The van der Waals surface area contributed by atoms with E-state index in [0.29, 0.717) is 29.8 Å². The van der Waals surface area contributed by atoms with Crippen LogP contribution in [-0.2, 0) is 13.0 Å². The fraction of sp³-hybridized carbons (Fsp3) is 0.139. The SMILES string of the molecule is Cc1nc(C(=O)N(Cc2ccccc2)C(CNC(=O)c2cccc3occc23)Cc2ccccc2)c(-c2ccccc2)s1. The summed E-state index contributed by atoms with van der Waals surface area (Å²) in [4.78, 5) is 35.5. The second-order valence-electron chi connectivity index (χ2n) is 10.4. The van der Waals surface area contributed by atoms with Gasteiger partial charge >= 0.3 is 0 Å². The van der Waals surface area contributed by atoms with Crippen LogP contribution < -0.4 is 5.32 Å². The molecule has 2 amide bonds. The van der Waals surface area contributed by atoms with Gasteiger partial charge in [-0.15, -0.1) is 11.3 Å². The minimum absolute atomic E-state index is 0.167. The first-order valence-electron chi connectivity index (χ1n) is 14.2. The van der Waals surface area contributed by atoms with E-state index in [0.717, 1.165) is 32.0 Å². The van der Waals surface area contributed by atoms with E-state index >= 15 is 0 Å². The van der Waals surface area contributed by atoms with Gasteiger partial charge in [-0.25, -0.2) is 4.98 Å². The number of rotatable bonds is 10. The van der Waals surface area contributed by atoms with E-state index in [9.17, 15) is 9.59 Å². The molecule has 0 saturated carbocycles. The first kappa shape index (κ1) is 28.1. The van der Waals surface area contributed by atoms with Crippen molar-refractivity contribution in [2.45, 2.75) is 25.9 Å². The lowest BCUT2D eigenvalue weighted by atomic mass is 10.0. The fourth-order valence-corrected chi connectivity index (χ4v) is 6.23. The molecule has 1 atom stereocenters. The summed E-state index contributed by atoms with van der Waals surface area (Å²) in [5.41, 5.74) is 4.64. The molecule has 4 aromatic carbocycles. The maximum absolute atomic E-state index is 14.6. The highest BCUT2D eigenvalue weighted by atomic mass is 32.1. The molecule has 6 nitrogen and oxygen atoms in total. The number of carbonyl (C=O) groups is 2. The monoisotopic (exact) mass is 585 g/mol. The molecule has 0 spiro atoms. The van der Waals surface area contributed by atoms with Crippen LogP contribution >= 0.6 is 11.3 Å². The summed E-state index contributed by atoms with van der Waals surface area (Å²) >= 11 is 1.52. The van der Waals surface area contributed by atoms with Crippen LogP contribution in [0.4, 0.5) is 0 Å². The van der Waals surface area contributed by atoms with E-state index in [1.807, 2.05) is 103 Å². The van der Waals surface area contributed by atoms with E-state index in [1.165, 1.54) is 11.3 Å². The zero-order chi connectivity index (χ0) is 29.6. The highest BCUT2D eigenvalue weighted by Gasteiger charge is 2.30. The number of nitrogens with zero attached hydrogens (tertiary/aromatic N) is 2. The van der Waals surface area contributed by atoms with Crippen molar-refractivity contribution < 1.29 is 14.0 Å². The normalized spacial score (nSPS) is 11.7. The van der Waals surface area contributed by atoms with Crippen molar-refractivity contribution in [3.63, 3.8) is 0 Å². The number of benzene rings is 4. The molecule has 0 saturated heterocycles. The van der Waals surface area contributed by atoms with Gasteiger partial charge < -0.3 is 14.6 Å². The number of amides is 2. The van der Waals surface area contributed by atoms with Gasteiger partial charge in [-0.1, -0.05) is 97.1 Å². The second-order valence-corrected chi connectivity index (χ2v) is 11.6. The first-order valence-corrected chi connectivity index (χ1v) is 15.0. The predicted octanol–water partition coefficient (Wildman–Crippen LogP) is 7.55. The van der Waals surface area contributed by atoms with Crippen molar-refractivity contribution in [1.82, 2.24) is 15.2 Å². The maximum Gasteiger partial charge on any atom is 0.274 e. The lowest BCUT2D eigenvalue weighted by molar-refractivity contribution is 0.0643. The van der Waals surface area contributed by atoms with Gasteiger partial charge in [0.05, 0.1) is 27.8 Å². The molecule has 7 heteroatoms. The Balaban J connectivity index is 1.37. The topological polar surface area (TPSA) is 75.4 Å². The molecule has 2 heterocycles. The van der Waals surface area contributed by atoms with Crippen molar-refractivity contribution in [2.75, 3.05) is 6.54 Å². The molecule has 6 rings (SSSR count). The Hall–Kier alpha value is -5.01. The third-order valence-corrected chi connectivity index (χ3v) is 8.44. The van der Waals surface area contributed by atoms with Crippen LogP contribution in [0.1, 0.15) is 37.0 Å². The molecule has 2 aromatic heterocycles. The van der Waals surface area contributed by atoms with Crippen molar-refractivity contribution in [1.29, 1.82) is 0 Å². The number of aryl methyl sites for hydroxylation is 1. The maximum atomic E-state index is 14.6. The summed E-state index contributed by atoms with van der Waals surface area (Å²) in [5.74, 6) is -0.383. The Bertz CT molecular complexity index is 1830. The van der Waals surface area contributed by atoms with Crippen LogP contribution in [0.3, 0.4) is 0 Å². The zero-order valence-electron chi connectivity index (χ0n) is 23.8. The van der Waals surface area contributed by atoms with Crippen LogP contribution in [0.2, 0.25) is 0 Å². The van der Waals surface area contributed by atoms with Crippen LogP contribution in [0.5, 0.6) is 0 Å². The molecule has 1 N–H and O–H groups in total. The number of hydrogen-bond donors (Lipinski definition) is 1. The standard InChI is InChI=1S/C36H31N3O3S/c1-25-38-33(34(43-25)28-16-9-4-10-17-28)36(41)39(24-27-14-7-3-8-15-27)29(22-26-12-5-2-6-13-26)23-37-35(40)31-18-11-19-32-30(31)20-21-42-32/h2-21,29H,22-24H2,1H3,(H,37,40). The zero-order valence-corrected chi connectivity index (χ0v) is 24.6. The number of carbonyl (C=O) groups excluding carboxylic acids is 2. The number of aromatic nitrogens is 1. The Labute approximate surface area is 254 Å². The third kappa shape index (κ3) is 6.42. The predicted molar refractivity (Wildman–Crippen MR) is 171 cm³/mol. The number of nitrogens with one attached hydrogen (secondary N) is 1. The summed E-state index contributed by atoms with van der Waals surface area (Å²) in [7, 11) is 0. The molecule has 43 heavy (non-hydrogen) atoms. The smallest absolute Gasteiger partial charge is 0.274 e. The number of thiazole rings is 1. The van der Waals surface area contributed by atoms with Crippen LogP contribution in [-0.4, -0.2) is 34.3 Å². The molecule has 1 unspecified atom stereocenters. The molecule has 0 radical (unpaired) electrons. The Morgan fingerprint density at radius 2 is 1.51 bits per heavy atom. The first-order chi connectivity index (χ1) is 21.1. The van der Waals surface area contributed by atoms with Gasteiger partial charge in [0, 0.05) is 18.5 Å². The van der Waals surface area contributed by atoms with Crippen molar-refractivity contribution >= 4 is 34.1 Å². The molecule has 214 valence electrons. The molecule has 0 fully saturated rings. The average Bonchev–Trinajstić information content (AvgIpc) is 3.70. The van der Waals surface area contributed by atoms with Crippen LogP contribution in [0, 0.1) is 6.92 Å². The van der Waals surface area contributed by atoms with Crippen LogP contribution in [0.15, 0.2) is 126 Å². The highest BCUT2D eigenvalue weighted by Crippen LogP contribution is 2.32. The quantitative estimate of drug-likeness (QED) is 0.180. The van der Waals surface area contributed by atoms with E-state index in [2.05, 4.69) is 17.4 Å². The van der Waals surface area contributed by atoms with Gasteiger partial charge in [-0.3, -0.25) is 9.59 Å². The van der Waals surface area contributed by atoms with Gasteiger partial charge in [-0.2, -0.15) is 0 Å². The minimum Gasteiger partial charge on any atom is -0.464 e. The summed E-state index contributed by atoms with van der Waals surface area (Å²) in [6.45, 7) is 2.55. The Morgan fingerprint density at radius 3 is 2.23 bits per heavy atom. The molecular formula is C36H31N3O3S. The summed E-state index contributed by atoms with van der Waals surface area (Å²) in [6, 6.07) is 36.8. The molecule has 0 bridgehead atoms. The van der Waals surface area contributed by atoms with Crippen molar-refractivity contribution in [3.8, 4) is 10.4 Å². The average molecular weight is 586 g/mol. The second kappa shape index (κ2) is 12.9. The molecule has 0 aliphatic rings. The molecule has 0 aliphatic heterocycles. The number of hydrogen-bond acceptors (Lipinski definition) is 5. The fourth-order valence-electron chi connectivity index (χ4n) is 5.32. The van der Waals surface area contributed by atoms with E-state index < -0.39 is 0 Å². The largest absolute Gasteiger partial charge is 0.464 e.